The fraction of sp³-hybridized carbons (Fsp3) is 0.350. The van der Waals surface area contributed by atoms with Crippen LogP contribution in [0.4, 0.5) is 8.78 Å². The summed E-state index contributed by atoms with van der Waals surface area (Å²) in [6, 6.07) is 32.3. The first kappa shape index (κ1) is 29.6. The van der Waals surface area contributed by atoms with Gasteiger partial charge in [0.25, 0.3) is 0 Å². The molecule has 46 heavy (non-hydrogen) atoms. The number of fused-ring (bicyclic) bond motifs is 4. The molecule has 4 unspecified atom stereocenters. The molecule has 1 heterocycles. The van der Waals surface area contributed by atoms with Crippen LogP contribution in [0.2, 0.25) is 0 Å². The van der Waals surface area contributed by atoms with Crippen LogP contribution in [0.25, 0.3) is 21.5 Å². The minimum absolute atomic E-state index is 0.190. The lowest BCUT2D eigenvalue weighted by molar-refractivity contribution is 0.0530. The molecule has 1 saturated heterocycles. The van der Waals surface area contributed by atoms with E-state index in [1.807, 2.05) is 42.5 Å². The van der Waals surface area contributed by atoms with Gasteiger partial charge in [-0.15, -0.1) is 0 Å². The van der Waals surface area contributed by atoms with E-state index in [4.69, 9.17) is 4.74 Å². The van der Waals surface area contributed by atoms with Crippen molar-refractivity contribution in [2.45, 2.75) is 49.7 Å². The van der Waals surface area contributed by atoms with Gasteiger partial charge in [-0.1, -0.05) is 72.8 Å². The Balaban J connectivity index is 0.912. The predicted octanol–water partition coefficient (Wildman–Crippen LogP) is 8.44. The second-order valence-electron chi connectivity index (χ2n) is 13.3. The Morgan fingerprint density at radius 3 is 2.09 bits per heavy atom. The monoisotopic (exact) mass is 618 g/mol. The van der Waals surface area contributed by atoms with Gasteiger partial charge in [0.1, 0.15) is 5.75 Å². The number of aliphatic hydroxyl groups excluding tert-OH is 1. The fourth-order valence-corrected chi connectivity index (χ4v) is 7.70. The molecule has 3 aliphatic rings. The Morgan fingerprint density at radius 1 is 0.674 bits per heavy atom. The van der Waals surface area contributed by atoms with Crippen molar-refractivity contribution in [3.05, 3.63) is 125 Å². The van der Waals surface area contributed by atoms with E-state index in [1.165, 1.54) is 16.2 Å². The van der Waals surface area contributed by atoms with Crippen molar-refractivity contribution >= 4 is 21.5 Å². The Hall–Kier alpha value is -3.84. The van der Waals surface area contributed by atoms with E-state index in [9.17, 15) is 5.11 Å². The molecule has 1 aliphatic heterocycles. The van der Waals surface area contributed by atoms with Crippen molar-refractivity contribution in [3.63, 3.8) is 0 Å². The van der Waals surface area contributed by atoms with Crippen molar-refractivity contribution in [1.82, 2.24) is 9.80 Å². The number of aliphatic hydroxyl groups is 1. The topological polar surface area (TPSA) is 35.9 Å². The van der Waals surface area contributed by atoms with Crippen LogP contribution in [0.3, 0.4) is 0 Å². The summed E-state index contributed by atoms with van der Waals surface area (Å²) in [5, 5.41) is 15.7. The van der Waals surface area contributed by atoms with Gasteiger partial charge in [-0.3, -0.25) is 9.80 Å². The number of nitrogens with zero attached hydrogens (tertiary/aromatic N) is 2. The Bertz CT molecular complexity index is 1870. The number of piperazine rings is 1. The number of hydrogen-bond donors (Lipinski definition) is 1. The predicted molar refractivity (Wildman–Crippen MR) is 180 cm³/mol. The fourth-order valence-electron chi connectivity index (χ4n) is 7.70. The molecule has 2 aliphatic carbocycles. The normalized spacial score (nSPS) is 22.7. The number of β-amino-alcohol motifs (C(OH)–C–C–N with tert-alkyl or cyclic N) is 1. The van der Waals surface area contributed by atoms with Gasteiger partial charge in [0, 0.05) is 39.1 Å². The molecule has 4 atom stereocenters. The molecule has 2 fully saturated rings. The Labute approximate surface area is 269 Å². The first-order chi connectivity index (χ1) is 22.5. The summed E-state index contributed by atoms with van der Waals surface area (Å²) >= 11 is 0. The molecule has 5 aromatic rings. The number of halogens is 2. The number of benzene rings is 5. The summed E-state index contributed by atoms with van der Waals surface area (Å²) in [5.41, 5.74) is 3.83. The maximum atomic E-state index is 16.0. The number of alkyl halides is 2. The van der Waals surface area contributed by atoms with Crippen LogP contribution in [0.5, 0.6) is 5.75 Å². The van der Waals surface area contributed by atoms with Crippen LogP contribution < -0.4 is 4.74 Å². The summed E-state index contributed by atoms with van der Waals surface area (Å²) in [6.45, 7) is 4.09. The Morgan fingerprint density at radius 2 is 1.33 bits per heavy atom. The molecule has 1 saturated carbocycles. The average Bonchev–Trinajstić information content (AvgIpc) is 3.94. The first-order valence-electron chi connectivity index (χ1n) is 16.7. The van der Waals surface area contributed by atoms with E-state index < -0.39 is 18.4 Å². The minimum Gasteiger partial charge on any atom is -0.493 e. The van der Waals surface area contributed by atoms with E-state index >= 15 is 8.78 Å². The van der Waals surface area contributed by atoms with Gasteiger partial charge in [0.05, 0.1) is 18.8 Å². The molecule has 0 amide bonds. The van der Waals surface area contributed by atoms with E-state index in [0.29, 0.717) is 36.6 Å². The van der Waals surface area contributed by atoms with Gasteiger partial charge >= 0.3 is 0 Å². The molecule has 5 aromatic carbocycles. The van der Waals surface area contributed by atoms with Crippen LogP contribution in [-0.2, 0) is 0 Å². The maximum absolute atomic E-state index is 16.0. The van der Waals surface area contributed by atoms with Gasteiger partial charge in [0.15, 0.2) is 12.3 Å². The van der Waals surface area contributed by atoms with Gasteiger partial charge in [0.2, 0.25) is 0 Å². The zero-order chi connectivity index (χ0) is 31.2. The standard InChI is InChI=1S/C40H40F2N2O2/c41-38-34-8-3-4-9-35(34)40(36-11-5-10-33(26-12-13-26)37(36)39(38)42)44-19-17-43(18-20-44)25-31(45)16-21-46-32-15-14-29-22-27-6-1-2-7-28(27)23-30(29)24-32/h1-11,14-15,22-24,26,31,38-40,45H,12-13,16-21,25H2. The van der Waals surface area contributed by atoms with Crippen LogP contribution >= 0.6 is 0 Å². The molecule has 0 bridgehead atoms. The molecular formula is C40H40F2N2O2. The van der Waals surface area contributed by atoms with Crippen LogP contribution in [0.1, 0.15) is 71.4 Å². The van der Waals surface area contributed by atoms with Gasteiger partial charge in [-0.05, 0) is 92.4 Å². The molecule has 236 valence electrons. The van der Waals surface area contributed by atoms with Crippen molar-refractivity contribution in [2.75, 3.05) is 39.3 Å². The van der Waals surface area contributed by atoms with Crippen molar-refractivity contribution in [2.24, 2.45) is 0 Å². The summed E-state index contributed by atoms with van der Waals surface area (Å²) in [7, 11) is 0. The molecular weight excluding hydrogens is 578 g/mol. The number of ether oxygens (including phenoxy) is 1. The lowest BCUT2D eigenvalue weighted by Crippen LogP contribution is -2.50. The number of hydrogen-bond acceptors (Lipinski definition) is 4. The Kier molecular flexibility index (Phi) is 7.97. The quantitative estimate of drug-likeness (QED) is 0.177. The third-order valence-electron chi connectivity index (χ3n) is 10.2. The van der Waals surface area contributed by atoms with Crippen LogP contribution in [0, 0.1) is 0 Å². The second kappa shape index (κ2) is 12.4. The summed E-state index contributed by atoms with van der Waals surface area (Å²) < 4.78 is 37.9. The summed E-state index contributed by atoms with van der Waals surface area (Å²) in [5.74, 6) is 1.15. The van der Waals surface area contributed by atoms with Gasteiger partial charge < -0.3 is 9.84 Å². The molecule has 6 heteroatoms. The zero-order valence-corrected chi connectivity index (χ0v) is 26.0. The van der Waals surface area contributed by atoms with E-state index in [0.717, 1.165) is 66.8 Å². The van der Waals surface area contributed by atoms with Gasteiger partial charge in [-0.2, -0.15) is 0 Å². The molecule has 0 radical (unpaired) electrons. The summed E-state index contributed by atoms with van der Waals surface area (Å²) in [4.78, 5) is 4.68. The molecule has 8 rings (SSSR count). The third-order valence-corrected chi connectivity index (χ3v) is 10.2. The van der Waals surface area contributed by atoms with Crippen molar-refractivity contribution < 1.29 is 18.6 Å². The van der Waals surface area contributed by atoms with E-state index in [2.05, 4.69) is 58.3 Å². The molecule has 0 aromatic heterocycles. The largest absolute Gasteiger partial charge is 0.493 e. The highest BCUT2D eigenvalue weighted by Gasteiger charge is 2.42. The van der Waals surface area contributed by atoms with E-state index in [1.54, 1.807) is 6.07 Å². The lowest BCUT2D eigenvalue weighted by Gasteiger charge is -2.41. The highest BCUT2D eigenvalue weighted by atomic mass is 19.2. The van der Waals surface area contributed by atoms with Crippen LogP contribution in [0.15, 0.2) is 97.1 Å². The average molecular weight is 619 g/mol. The third kappa shape index (κ3) is 5.68. The maximum Gasteiger partial charge on any atom is 0.161 e. The zero-order valence-electron chi connectivity index (χ0n) is 26.0. The first-order valence-corrected chi connectivity index (χ1v) is 16.7. The van der Waals surface area contributed by atoms with Gasteiger partial charge in [-0.25, -0.2) is 8.78 Å². The SMILES string of the molecule is OC(CCOc1ccc2cc3ccccc3cc2c1)CN1CCN(C2c3ccccc3C(F)C(F)c3c(C4CC4)cccc32)CC1. The lowest BCUT2D eigenvalue weighted by atomic mass is 9.89. The van der Waals surface area contributed by atoms with Crippen molar-refractivity contribution in [1.29, 1.82) is 0 Å². The molecule has 0 spiro atoms. The minimum atomic E-state index is -1.67. The highest BCUT2D eigenvalue weighted by molar-refractivity contribution is 5.98. The van der Waals surface area contributed by atoms with Crippen LogP contribution in [-0.4, -0.2) is 60.3 Å². The molecule has 4 nitrogen and oxygen atoms in total. The smallest absolute Gasteiger partial charge is 0.161 e. The number of rotatable bonds is 8. The highest BCUT2D eigenvalue weighted by Crippen LogP contribution is 2.53. The molecule has 1 N–H and O–H groups in total. The summed E-state index contributed by atoms with van der Waals surface area (Å²) in [6.07, 6.45) is -1.21. The van der Waals surface area contributed by atoms with Crippen molar-refractivity contribution in [3.8, 4) is 5.75 Å². The van der Waals surface area contributed by atoms with E-state index in [-0.39, 0.29) is 6.04 Å². The second-order valence-corrected chi connectivity index (χ2v) is 13.3.